The van der Waals surface area contributed by atoms with Crippen LogP contribution >= 0.6 is 12.2 Å². The molecule has 0 spiro atoms. The Labute approximate surface area is 146 Å². The van der Waals surface area contributed by atoms with Gasteiger partial charge in [0.05, 0.1) is 12.3 Å². The summed E-state index contributed by atoms with van der Waals surface area (Å²) < 4.78 is 19.2. The first-order chi connectivity index (χ1) is 11.7. The summed E-state index contributed by atoms with van der Waals surface area (Å²) in [7, 11) is 0. The lowest BCUT2D eigenvalue weighted by Gasteiger charge is -2.35. The third-order valence-electron chi connectivity index (χ3n) is 4.36. The monoisotopic (exact) mass is 351 g/mol. The Kier molecular flexibility index (Phi) is 5.57. The molecule has 8 heteroatoms. The summed E-state index contributed by atoms with van der Waals surface area (Å²) in [6.45, 7) is 7.46. The normalized spacial score (nSPS) is 20.2. The molecule has 0 saturated carbocycles. The second-order valence-electron chi connectivity index (χ2n) is 5.86. The number of nitrogens with zero attached hydrogens (tertiary/aromatic N) is 4. The highest BCUT2D eigenvalue weighted by Gasteiger charge is 2.20. The summed E-state index contributed by atoms with van der Waals surface area (Å²) in [5.41, 5.74) is 4.42. The summed E-state index contributed by atoms with van der Waals surface area (Å²) in [6.07, 6.45) is 2.53. The number of rotatable bonds is 2. The van der Waals surface area contributed by atoms with Crippen molar-refractivity contribution in [2.75, 3.05) is 39.3 Å². The molecule has 0 aliphatic carbocycles. The van der Waals surface area contributed by atoms with Gasteiger partial charge < -0.3 is 14.5 Å². The number of halogens is 1. The summed E-state index contributed by atoms with van der Waals surface area (Å²) in [6, 6.07) is 1.31. The molecule has 1 fully saturated rings. The van der Waals surface area contributed by atoms with Crippen LogP contribution in [-0.2, 0) is 6.42 Å². The van der Waals surface area contributed by atoms with E-state index in [0.717, 1.165) is 38.4 Å². The van der Waals surface area contributed by atoms with Gasteiger partial charge in [-0.3, -0.25) is 10.4 Å². The van der Waals surface area contributed by atoms with E-state index in [0.29, 0.717) is 30.3 Å². The van der Waals surface area contributed by atoms with Crippen LogP contribution < -0.4 is 10.2 Å². The van der Waals surface area contributed by atoms with Gasteiger partial charge in [-0.15, -0.1) is 0 Å². The predicted octanol–water partition coefficient (Wildman–Crippen LogP) is 1.41. The molecule has 3 rings (SSSR count). The molecule has 0 unspecified atom stereocenters. The summed E-state index contributed by atoms with van der Waals surface area (Å²) in [5, 5.41) is 5.05. The maximum Gasteiger partial charge on any atom is 0.189 e. The van der Waals surface area contributed by atoms with Gasteiger partial charge in [-0.2, -0.15) is 5.10 Å². The zero-order valence-corrected chi connectivity index (χ0v) is 14.6. The number of aromatic nitrogens is 1. The van der Waals surface area contributed by atoms with Gasteiger partial charge in [-0.05, 0) is 24.8 Å². The second kappa shape index (κ2) is 7.85. The van der Waals surface area contributed by atoms with Gasteiger partial charge in [0.1, 0.15) is 0 Å². The average molecular weight is 351 g/mol. The molecule has 0 aromatic carbocycles. The number of piperazine rings is 1. The quantitative estimate of drug-likeness (QED) is 0.642. The van der Waals surface area contributed by atoms with Crippen molar-refractivity contribution in [3.8, 4) is 5.75 Å². The van der Waals surface area contributed by atoms with E-state index in [1.54, 1.807) is 0 Å². The molecule has 130 valence electrons. The standard InChI is InChI=1S/C16H22FN5OS/c1-2-21-6-8-22(9-7-21)16(24)20-19-12-4-10-23-15-13(17)3-5-18-14(15)11-12/h3,5H,2,4,6-11H2,1H3,(H,20,24)/b19-12-. The molecule has 1 aromatic rings. The number of ether oxygens (including phenoxy) is 1. The number of hydrogen-bond donors (Lipinski definition) is 1. The minimum absolute atomic E-state index is 0.237. The van der Waals surface area contributed by atoms with Crippen LogP contribution in [0.15, 0.2) is 17.4 Å². The van der Waals surface area contributed by atoms with Crippen LogP contribution in [0.4, 0.5) is 4.39 Å². The highest BCUT2D eigenvalue weighted by molar-refractivity contribution is 7.80. The van der Waals surface area contributed by atoms with E-state index in [4.69, 9.17) is 17.0 Å². The molecule has 0 radical (unpaired) electrons. The van der Waals surface area contributed by atoms with Crippen molar-refractivity contribution in [2.24, 2.45) is 5.10 Å². The summed E-state index contributed by atoms with van der Waals surface area (Å²) in [4.78, 5) is 8.73. The van der Waals surface area contributed by atoms with E-state index in [-0.39, 0.29) is 11.6 Å². The van der Waals surface area contributed by atoms with Crippen molar-refractivity contribution in [1.82, 2.24) is 20.2 Å². The molecule has 2 aliphatic heterocycles. The molecule has 2 aliphatic rings. The van der Waals surface area contributed by atoms with Crippen molar-refractivity contribution in [1.29, 1.82) is 0 Å². The van der Waals surface area contributed by atoms with Gasteiger partial charge in [-0.25, -0.2) is 4.39 Å². The van der Waals surface area contributed by atoms with E-state index in [2.05, 4.69) is 32.2 Å². The second-order valence-corrected chi connectivity index (χ2v) is 6.25. The maximum atomic E-state index is 13.7. The zero-order valence-electron chi connectivity index (χ0n) is 13.8. The molecular weight excluding hydrogens is 329 g/mol. The molecule has 3 heterocycles. The zero-order chi connectivity index (χ0) is 16.9. The van der Waals surface area contributed by atoms with Crippen LogP contribution in [0.2, 0.25) is 0 Å². The van der Waals surface area contributed by atoms with Gasteiger partial charge in [0.2, 0.25) is 0 Å². The number of thiocarbonyl (C=S) groups is 1. The van der Waals surface area contributed by atoms with Gasteiger partial charge >= 0.3 is 0 Å². The SMILES string of the molecule is CCN1CCN(C(=S)N/N=C2/CCOc3c(F)ccnc3C2)CC1. The van der Waals surface area contributed by atoms with E-state index >= 15 is 0 Å². The van der Waals surface area contributed by atoms with Gasteiger partial charge in [0.15, 0.2) is 16.7 Å². The number of fused-ring (bicyclic) bond motifs is 1. The van der Waals surface area contributed by atoms with Crippen LogP contribution in [-0.4, -0.2) is 64.9 Å². The van der Waals surface area contributed by atoms with Gasteiger partial charge in [0.25, 0.3) is 0 Å². The first kappa shape index (κ1) is 17.0. The summed E-state index contributed by atoms with van der Waals surface area (Å²) >= 11 is 5.43. The number of pyridine rings is 1. The Hall–Kier alpha value is -1.80. The van der Waals surface area contributed by atoms with Crippen molar-refractivity contribution in [2.45, 2.75) is 19.8 Å². The fraction of sp³-hybridized carbons (Fsp3) is 0.562. The smallest absolute Gasteiger partial charge is 0.189 e. The molecule has 1 saturated heterocycles. The highest BCUT2D eigenvalue weighted by Crippen LogP contribution is 2.24. The Morgan fingerprint density at radius 2 is 2.21 bits per heavy atom. The van der Waals surface area contributed by atoms with E-state index in [1.807, 2.05) is 0 Å². The first-order valence-corrected chi connectivity index (χ1v) is 8.67. The Balaban J connectivity index is 1.59. The van der Waals surface area contributed by atoms with Crippen LogP contribution in [0.1, 0.15) is 19.0 Å². The minimum Gasteiger partial charge on any atom is -0.488 e. The third-order valence-corrected chi connectivity index (χ3v) is 4.70. The van der Waals surface area contributed by atoms with Crippen LogP contribution in [0.5, 0.6) is 5.75 Å². The minimum atomic E-state index is -0.376. The number of hydrogen-bond acceptors (Lipinski definition) is 5. The Bertz CT molecular complexity index is 631. The molecule has 1 aromatic heterocycles. The van der Waals surface area contributed by atoms with Gasteiger partial charge in [0, 0.05) is 50.9 Å². The molecule has 0 atom stereocenters. The lowest BCUT2D eigenvalue weighted by atomic mass is 10.1. The lowest BCUT2D eigenvalue weighted by molar-refractivity contribution is 0.189. The molecule has 1 N–H and O–H groups in total. The fourth-order valence-corrected chi connectivity index (χ4v) is 3.08. The van der Waals surface area contributed by atoms with E-state index in [9.17, 15) is 4.39 Å². The van der Waals surface area contributed by atoms with Crippen molar-refractivity contribution >= 4 is 23.0 Å². The topological polar surface area (TPSA) is 53.0 Å². The lowest BCUT2D eigenvalue weighted by Crippen LogP contribution is -2.50. The Morgan fingerprint density at radius 3 is 2.96 bits per heavy atom. The van der Waals surface area contributed by atoms with Gasteiger partial charge in [-0.1, -0.05) is 6.92 Å². The molecule has 6 nitrogen and oxygen atoms in total. The Morgan fingerprint density at radius 1 is 1.42 bits per heavy atom. The molecule has 0 bridgehead atoms. The first-order valence-electron chi connectivity index (χ1n) is 8.26. The third kappa shape index (κ3) is 3.99. The van der Waals surface area contributed by atoms with Crippen molar-refractivity contribution in [3.63, 3.8) is 0 Å². The van der Waals surface area contributed by atoms with Crippen LogP contribution in [0.3, 0.4) is 0 Å². The van der Waals surface area contributed by atoms with Crippen molar-refractivity contribution in [3.05, 3.63) is 23.8 Å². The van der Waals surface area contributed by atoms with E-state index < -0.39 is 0 Å². The highest BCUT2D eigenvalue weighted by atomic mass is 32.1. The van der Waals surface area contributed by atoms with Crippen LogP contribution in [0, 0.1) is 5.82 Å². The largest absolute Gasteiger partial charge is 0.488 e. The average Bonchev–Trinajstić information content (AvgIpc) is 2.83. The number of nitrogens with one attached hydrogen (secondary N) is 1. The number of likely N-dealkylation sites (N-methyl/N-ethyl adjacent to an activating group) is 1. The van der Waals surface area contributed by atoms with E-state index in [1.165, 1.54) is 12.3 Å². The fourth-order valence-electron chi connectivity index (χ4n) is 2.86. The van der Waals surface area contributed by atoms with Crippen molar-refractivity contribution < 1.29 is 9.13 Å². The number of hydrazone groups is 1. The maximum absolute atomic E-state index is 13.7. The molecule has 0 amide bonds. The molecular formula is C16H22FN5OS. The predicted molar refractivity (Wildman–Crippen MR) is 94.9 cm³/mol. The van der Waals surface area contributed by atoms with Crippen LogP contribution in [0.25, 0.3) is 0 Å². The summed E-state index contributed by atoms with van der Waals surface area (Å²) in [5.74, 6) is -0.139. The molecule has 24 heavy (non-hydrogen) atoms.